The predicted molar refractivity (Wildman–Crippen MR) is 65.7 cm³/mol. The van der Waals surface area contributed by atoms with Crippen LogP contribution in [-0.4, -0.2) is 50.5 Å². The van der Waals surface area contributed by atoms with Gasteiger partial charge in [0.05, 0.1) is 24.1 Å². The second-order valence-electron chi connectivity index (χ2n) is 4.07. The Balaban J connectivity index is 2.77. The number of rotatable bonds is 4. The Labute approximate surface area is 96.1 Å². The fourth-order valence-corrected chi connectivity index (χ4v) is 1.33. The smallest absolute Gasteiger partial charge is 0.238 e. The fraction of sp³-hybridized carbons (Fsp3) is 0.455. The summed E-state index contributed by atoms with van der Waals surface area (Å²) in [6.07, 6.45) is 3.39. The van der Waals surface area contributed by atoms with Gasteiger partial charge in [-0.15, -0.1) is 0 Å². The van der Waals surface area contributed by atoms with Crippen molar-refractivity contribution in [1.82, 2.24) is 9.88 Å². The summed E-state index contributed by atoms with van der Waals surface area (Å²) in [5.41, 5.74) is 1.68. The minimum atomic E-state index is -0.0284. The molecule has 0 spiro atoms. The second kappa shape index (κ2) is 5.46. The van der Waals surface area contributed by atoms with Crippen molar-refractivity contribution in [2.24, 2.45) is 0 Å². The average Bonchev–Trinajstić information content (AvgIpc) is 2.16. The van der Waals surface area contributed by atoms with E-state index < -0.39 is 0 Å². The van der Waals surface area contributed by atoms with Gasteiger partial charge in [0.2, 0.25) is 5.91 Å². The lowest BCUT2D eigenvalue weighted by atomic mass is 10.3. The van der Waals surface area contributed by atoms with Crippen LogP contribution in [0.15, 0.2) is 18.5 Å². The molecule has 1 N–H and O–H groups in total. The van der Waals surface area contributed by atoms with Gasteiger partial charge in [-0.25, -0.2) is 0 Å². The molecule has 0 radical (unpaired) electrons. The van der Waals surface area contributed by atoms with Crippen LogP contribution in [0.5, 0.6) is 0 Å². The minimum absolute atomic E-state index is 0.0284. The Hall–Kier alpha value is -1.62. The first-order chi connectivity index (χ1) is 7.50. The van der Waals surface area contributed by atoms with E-state index >= 15 is 0 Å². The van der Waals surface area contributed by atoms with Crippen LogP contribution in [0.2, 0.25) is 0 Å². The summed E-state index contributed by atoms with van der Waals surface area (Å²) in [5, 5.41) is 2.86. The first-order valence-electron chi connectivity index (χ1n) is 5.06. The molecule has 0 aromatic carbocycles. The number of nitrogens with zero attached hydrogens (tertiary/aromatic N) is 3. The van der Waals surface area contributed by atoms with E-state index in [1.807, 2.05) is 38.0 Å². The van der Waals surface area contributed by atoms with E-state index in [4.69, 9.17) is 0 Å². The molecular weight excluding hydrogens is 204 g/mol. The summed E-state index contributed by atoms with van der Waals surface area (Å²) in [6, 6.07) is 1.79. The van der Waals surface area contributed by atoms with Crippen molar-refractivity contribution in [2.75, 3.05) is 45.0 Å². The van der Waals surface area contributed by atoms with Gasteiger partial charge in [0, 0.05) is 20.3 Å². The van der Waals surface area contributed by atoms with Crippen LogP contribution < -0.4 is 10.2 Å². The van der Waals surface area contributed by atoms with E-state index in [2.05, 4.69) is 10.3 Å². The van der Waals surface area contributed by atoms with Crippen molar-refractivity contribution in [3.05, 3.63) is 18.5 Å². The number of hydrogen-bond acceptors (Lipinski definition) is 4. The van der Waals surface area contributed by atoms with Crippen molar-refractivity contribution < 1.29 is 4.79 Å². The minimum Gasteiger partial charge on any atom is -0.375 e. The lowest BCUT2D eigenvalue weighted by molar-refractivity contribution is -0.116. The monoisotopic (exact) mass is 222 g/mol. The van der Waals surface area contributed by atoms with Crippen LogP contribution in [0.1, 0.15) is 0 Å². The third-order valence-electron chi connectivity index (χ3n) is 2.02. The third kappa shape index (κ3) is 3.51. The highest BCUT2D eigenvalue weighted by Crippen LogP contribution is 2.21. The second-order valence-corrected chi connectivity index (χ2v) is 4.07. The van der Waals surface area contributed by atoms with Crippen molar-refractivity contribution in [3.8, 4) is 0 Å². The molecule has 1 rings (SSSR count). The number of hydrogen-bond donors (Lipinski definition) is 1. The molecule has 0 aliphatic rings. The number of carbonyl (C=O) groups is 1. The Kier molecular flexibility index (Phi) is 4.25. The number of nitrogens with one attached hydrogen (secondary N) is 1. The van der Waals surface area contributed by atoms with Gasteiger partial charge >= 0.3 is 0 Å². The number of aromatic nitrogens is 1. The van der Waals surface area contributed by atoms with Crippen molar-refractivity contribution >= 4 is 17.3 Å². The highest BCUT2D eigenvalue weighted by molar-refractivity contribution is 5.95. The van der Waals surface area contributed by atoms with Gasteiger partial charge in [0.25, 0.3) is 0 Å². The summed E-state index contributed by atoms with van der Waals surface area (Å²) < 4.78 is 0. The fourth-order valence-electron chi connectivity index (χ4n) is 1.33. The molecular formula is C11H18N4O. The Morgan fingerprint density at radius 1 is 1.38 bits per heavy atom. The lowest BCUT2D eigenvalue weighted by Crippen LogP contribution is -2.27. The van der Waals surface area contributed by atoms with Gasteiger partial charge in [0.15, 0.2) is 0 Å². The quantitative estimate of drug-likeness (QED) is 0.812. The molecule has 1 heterocycles. The molecule has 0 aliphatic carbocycles. The highest BCUT2D eigenvalue weighted by atomic mass is 16.2. The molecule has 1 aromatic rings. The normalized spacial score (nSPS) is 10.3. The average molecular weight is 222 g/mol. The van der Waals surface area contributed by atoms with Crippen LogP contribution >= 0.6 is 0 Å². The molecule has 16 heavy (non-hydrogen) atoms. The zero-order chi connectivity index (χ0) is 12.1. The molecule has 1 amide bonds. The molecule has 0 saturated carbocycles. The standard InChI is InChI=1S/C11H18N4O/c1-14(2)8-11(16)13-9-5-6-12-7-10(9)15(3)4/h5-7H,8H2,1-4H3,(H,12,13,16). The van der Waals surface area contributed by atoms with Crippen molar-refractivity contribution in [3.63, 3.8) is 0 Å². The summed E-state index contributed by atoms with van der Waals surface area (Å²) in [7, 11) is 7.55. The molecule has 5 nitrogen and oxygen atoms in total. The molecule has 0 saturated heterocycles. The van der Waals surface area contributed by atoms with Crippen LogP contribution in [0.3, 0.4) is 0 Å². The summed E-state index contributed by atoms with van der Waals surface area (Å²) in [4.78, 5) is 19.4. The number of carbonyl (C=O) groups excluding carboxylic acids is 1. The summed E-state index contributed by atoms with van der Waals surface area (Å²) in [5.74, 6) is -0.0284. The number of likely N-dealkylation sites (N-methyl/N-ethyl adjacent to an activating group) is 1. The molecule has 0 unspecified atom stereocenters. The maximum atomic E-state index is 11.6. The number of pyridine rings is 1. The first kappa shape index (κ1) is 12.4. The predicted octanol–water partition coefficient (Wildman–Crippen LogP) is 0.648. The molecule has 0 fully saturated rings. The van der Waals surface area contributed by atoms with Crippen LogP contribution in [0.25, 0.3) is 0 Å². The Morgan fingerprint density at radius 3 is 2.62 bits per heavy atom. The van der Waals surface area contributed by atoms with E-state index in [0.29, 0.717) is 6.54 Å². The van der Waals surface area contributed by atoms with Gasteiger partial charge in [-0.05, 0) is 20.2 Å². The number of amides is 1. The third-order valence-corrected chi connectivity index (χ3v) is 2.02. The Bertz CT molecular complexity index is 363. The highest BCUT2D eigenvalue weighted by Gasteiger charge is 2.08. The van der Waals surface area contributed by atoms with E-state index in [9.17, 15) is 4.79 Å². The van der Waals surface area contributed by atoms with Gasteiger partial charge < -0.3 is 15.1 Å². The van der Waals surface area contributed by atoms with E-state index in [1.165, 1.54) is 0 Å². The van der Waals surface area contributed by atoms with Gasteiger partial charge in [-0.2, -0.15) is 0 Å². The van der Waals surface area contributed by atoms with Crippen LogP contribution in [0.4, 0.5) is 11.4 Å². The van der Waals surface area contributed by atoms with Gasteiger partial charge in [-0.3, -0.25) is 9.78 Å². The molecule has 88 valence electrons. The van der Waals surface area contributed by atoms with Gasteiger partial charge in [0.1, 0.15) is 0 Å². The first-order valence-corrected chi connectivity index (χ1v) is 5.06. The van der Waals surface area contributed by atoms with Crippen molar-refractivity contribution in [2.45, 2.75) is 0 Å². The van der Waals surface area contributed by atoms with Gasteiger partial charge in [-0.1, -0.05) is 0 Å². The lowest BCUT2D eigenvalue weighted by Gasteiger charge is -2.17. The Morgan fingerprint density at radius 2 is 2.06 bits per heavy atom. The molecule has 0 atom stereocenters. The number of anilines is 2. The van der Waals surface area contributed by atoms with Crippen LogP contribution in [-0.2, 0) is 4.79 Å². The topological polar surface area (TPSA) is 48.5 Å². The molecule has 0 bridgehead atoms. The van der Waals surface area contributed by atoms with Crippen molar-refractivity contribution in [1.29, 1.82) is 0 Å². The molecule has 1 aromatic heterocycles. The zero-order valence-corrected chi connectivity index (χ0v) is 10.2. The van der Waals surface area contributed by atoms with E-state index in [1.54, 1.807) is 18.5 Å². The summed E-state index contributed by atoms with van der Waals surface area (Å²) >= 11 is 0. The maximum absolute atomic E-state index is 11.6. The SMILES string of the molecule is CN(C)CC(=O)Nc1ccncc1N(C)C. The molecule has 0 aliphatic heterocycles. The summed E-state index contributed by atoms with van der Waals surface area (Å²) in [6.45, 7) is 0.370. The van der Waals surface area contributed by atoms with E-state index in [-0.39, 0.29) is 5.91 Å². The largest absolute Gasteiger partial charge is 0.375 e. The van der Waals surface area contributed by atoms with E-state index in [0.717, 1.165) is 11.4 Å². The molecule has 5 heteroatoms. The zero-order valence-electron chi connectivity index (χ0n) is 10.2. The van der Waals surface area contributed by atoms with Crippen LogP contribution in [0, 0.1) is 0 Å². The maximum Gasteiger partial charge on any atom is 0.238 e.